The Morgan fingerprint density at radius 3 is 2.78 bits per heavy atom. The SMILES string of the molecule is C/C=C/C=C(/C(=O)O)c1cccc2cccnc12. The van der Waals surface area contributed by atoms with Crippen LogP contribution >= 0.6 is 0 Å². The molecule has 1 aromatic carbocycles. The number of rotatable bonds is 3. The number of hydrogen-bond acceptors (Lipinski definition) is 2. The summed E-state index contributed by atoms with van der Waals surface area (Å²) in [4.78, 5) is 15.6. The summed E-state index contributed by atoms with van der Waals surface area (Å²) < 4.78 is 0. The van der Waals surface area contributed by atoms with Crippen molar-refractivity contribution in [1.82, 2.24) is 4.98 Å². The lowest BCUT2D eigenvalue weighted by molar-refractivity contribution is -0.130. The Bertz CT molecular complexity index is 636. The topological polar surface area (TPSA) is 50.2 Å². The van der Waals surface area contributed by atoms with Crippen LogP contribution in [0.25, 0.3) is 16.5 Å². The minimum atomic E-state index is -0.953. The molecule has 0 saturated heterocycles. The van der Waals surface area contributed by atoms with Gasteiger partial charge in [0.25, 0.3) is 0 Å². The second kappa shape index (κ2) is 5.27. The van der Waals surface area contributed by atoms with Crippen LogP contribution in [0.15, 0.2) is 54.8 Å². The number of pyridine rings is 1. The van der Waals surface area contributed by atoms with E-state index in [0.717, 1.165) is 5.39 Å². The fourth-order valence-electron chi connectivity index (χ4n) is 1.79. The number of fused-ring (bicyclic) bond motifs is 1. The Hall–Kier alpha value is -2.42. The number of allylic oxidation sites excluding steroid dienone is 3. The average molecular weight is 239 g/mol. The molecule has 3 heteroatoms. The van der Waals surface area contributed by atoms with Gasteiger partial charge in [0.15, 0.2) is 0 Å². The van der Waals surface area contributed by atoms with E-state index < -0.39 is 5.97 Å². The largest absolute Gasteiger partial charge is 0.478 e. The van der Waals surface area contributed by atoms with E-state index in [1.54, 1.807) is 30.5 Å². The zero-order chi connectivity index (χ0) is 13.0. The number of carboxylic acids is 1. The number of benzene rings is 1. The summed E-state index contributed by atoms with van der Waals surface area (Å²) in [5.41, 5.74) is 1.59. The maximum Gasteiger partial charge on any atom is 0.336 e. The van der Waals surface area contributed by atoms with Crippen LogP contribution in [-0.2, 0) is 4.79 Å². The van der Waals surface area contributed by atoms with Crippen LogP contribution in [0.3, 0.4) is 0 Å². The smallest absolute Gasteiger partial charge is 0.336 e. The maximum atomic E-state index is 11.3. The van der Waals surface area contributed by atoms with Crippen molar-refractivity contribution in [3.63, 3.8) is 0 Å². The number of carboxylic acid groups (broad SMARTS) is 1. The van der Waals surface area contributed by atoms with Crippen molar-refractivity contribution >= 4 is 22.4 Å². The van der Waals surface area contributed by atoms with Crippen molar-refractivity contribution in [1.29, 1.82) is 0 Å². The molecule has 0 bridgehead atoms. The molecule has 1 aromatic heterocycles. The first-order chi connectivity index (χ1) is 8.74. The van der Waals surface area contributed by atoms with E-state index in [1.807, 2.05) is 31.2 Å². The van der Waals surface area contributed by atoms with Gasteiger partial charge in [-0.25, -0.2) is 4.79 Å². The van der Waals surface area contributed by atoms with Gasteiger partial charge in [-0.15, -0.1) is 0 Å². The summed E-state index contributed by atoms with van der Waals surface area (Å²) in [6, 6.07) is 9.29. The second-order valence-electron chi connectivity index (χ2n) is 3.79. The summed E-state index contributed by atoms with van der Waals surface area (Å²) in [7, 11) is 0. The Labute approximate surface area is 105 Å². The molecule has 1 heterocycles. The standard InChI is InChI=1S/C15H13NO2/c1-2-3-8-13(15(17)18)12-9-4-6-11-7-5-10-16-14(11)12/h2-10H,1H3,(H,17,18)/b3-2+,13-8+. The van der Waals surface area contributed by atoms with E-state index >= 15 is 0 Å². The predicted octanol–water partition coefficient (Wildman–Crippen LogP) is 3.28. The van der Waals surface area contributed by atoms with E-state index in [2.05, 4.69) is 4.98 Å². The lowest BCUT2D eigenvalue weighted by atomic mass is 10.0. The van der Waals surface area contributed by atoms with Gasteiger partial charge in [-0.3, -0.25) is 4.98 Å². The number of carbonyl (C=O) groups is 1. The molecule has 0 atom stereocenters. The van der Waals surface area contributed by atoms with Crippen LogP contribution < -0.4 is 0 Å². The van der Waals surface area contributed by atoms with Crippen LogP contribution in [0.5, 0.6) is 0 Å². The lowest BCUT2D eigenvalue weighted by Gasteiger charge is -2.05. The molecule has 2 aromatic rings. The third-order valence-corrected chi connectivity index (χ3v) is 2.61. The zero-order valence-electron chi connectivity index (χ0n) is 10.00. The van der Waals surface area contributed by atoms with Gasteiger partial charge in [-0.2, -0.15) is 0 Å². The molecular weight excluding hydrogens is 226 g/mol. The van der Waals surface area contributed by atoms with Crippen molar-refractivity contribution in [3.05, 3.63) is 60.3 Å². The molecule has 0 amide bonds. The first-order valence-corrected chi connectivity index (χ1v) is 5.64. The number of nitrogens with zero attached hydrogens (tertiary/aromatic N) is 1. The molecule has 2 rings (SSSR count). The molecular formula is C15H13NO2. The first-order valence-electron chi connectivity index (χ1n) is 5.64. The van der Waals surface area contributed by atoms with E-state index in [4.69, 9.17) is 0 Å². The third-order valence-electron chi connectivity index (χ3n) is 2.61. The summed E-state index contributed by atoms with van der Waals surface area (Å²) in [6.45, 7) is 1.84. The predicted molar refractivity (Wildman–Crippen MR) is 72.2 cm³/mol. The van der Waals surface area contributed by atoms with Gasteiger partial charge in [-0.1, -0.05) is 36.4 Å². The van der Waals surface area contributed by atoms with Crippen molar-refractivity contribution in [3.8, 4) is 0 Å². The third kappa shape index (κ3) is 2.30. The highest BCUT2D eigenvalue weighted by atomic mass is 16.4. The lowest BCUT2D eigenvalue weighted by Crippen LogP contribution is -2.00. The normalized spacial score (nSPS) is 12.2. The van der Waals surface area contributed by atoms with Crippen LogP contribution in [0.2, 0.25) is 0 Å². The Balaban J connectivity index is 2.68. The molecule has 0 aliphatic carbocycles. The Kier molecular flexibility index (Phi) is 3.53. The van der Waals surface area contributed by atoms with Gasteiger partial charge in [0.2, 0.25) is 0 Å². The minimum Gasteiger partial charge on any atom is -0.478 e. The second-order valence-corrected chi connectivity index (χ2v) is 3.79. The van der Waals surface area contributed by atoms with E-state index in [1.165, 1.54) is 0 Å². The molecule has 0 aliphatic rings. The number of hydrogen-bond donors (Lipinski definition) is 1. The van der Waals surface area contributed by atoms with Crippen molar-refractivity contribution < 1.29 is 9.90 Å². The van der Waals surface area contributed by atoms with E-state index in [9.17, 15) is 9.90 Å². The number of aromatic nitrogens is 1. The van der Waals surface area contributed by atoms with Crippen LogP contribution in [-0.4, -0.2) is 16.1 Å². The fourth-order valence-corrected chi connectivity index (χ4v) is 1.79. The van der Waals surface area contributed by atoms with Gasteiger partial charge in [0, 0.05) is 17.1 Å². The zero-order valence-corrected chi connectivity index (χ0v) is 10.00. The summed E-state index contributed by atoms with van der Waals surface area (Å²) in [6.07, 6.45) is 6.76. The number of para-hydroxylation sites is 1. The quantitative estimate of drug-likeness (QED) is 0.660. The van der Waals surface area contributed by atoms with Gasteiger partial charge in [0.1, 0.15) is 0 Å². The van der Waals surface area contributed by atoms with Gasteiger partial charge >= 0.3 is 5.97 Å². The molecule has 0 spiro atoms. The summed E-state index contributed by atoms with van der Waals surface area (Å²) >= 11 is 0. The Morgan fingerprint density at radius 1 is 1.28 bits per heavy atom. The molecule has 0 fully saturated rings. The van der Waals surface area contributed by atoms with Crippen LogP contribution in [0.1, 0.15) is 12.5 Å². The number of aliphatic carboxylic acids is 1. The molecule has 1 N–H and O–H groups in total. The highest BCUT2D eigenvalue weighted by molar-refractivity contribution is 6.19. The molecule has 0 aliphatic heterocycles. The minimum absolute atomic E-state index is 0.248. The monoisotopic (exact) mass is 239 g/mol. The molecule has 90 valence electrons. The van der Waals surface area contributed by atoms with Crippen LogP contribution in [0, 0.1) is 0 Å². The average Bonchev–Trinajstić information content (AvgIpc) is 2.39. The van der Waals surface area contributed by atoms with E-state index in [-0.39, 0.29) is 5.57 Å². The molecule has 18 heavy (non-hydrogen) atoms. The summed E-state index contributed by atoms with van der Waals surface area (Å²) in [5, 5.41) is 10.2. The van der Waals surface area contributed by atoms with Gasteiger partial charge in [0.05, 0.1) is 11.1 Å². The van der Waals surface area contributed by atoms with Gasteiger partial charge < -0.3 is 5.11 Å². The Morgan fingerprint density at radius 2 is 2.06 bits per heavy atom. The summed E-state index contributed by atoms with van der Waals surface area (Å²) in [5.74, 6) is -0.953. The fraction of sp³-hybridized carbons (Fsp3) is 0.0667. The van der Waals surface area contributed by atoms with Gasteiger partial charge in [-0.05, 0) is 19.1 Å². The van der Waals surface area contributed by atoms with Crippen molar-refractivity contribution in [2.24, 2.45) is 0 Å². The van der Waals surface area contributed by atoms with Crippen molar-refractivity contribution in [2.75, 3.05) is 0 Å². The molecule has 0 radical (unpaired) electrons. The van der Waals surface area contributed by atoms with Crippen LogP contribution in [0.4, 0.5) is 0 Å². The molecule has 3 nitrogen and oxygen atoms in total. The molecule has 0 saturated carbocycles. The maximum absolute atomic E-state index is 11.3. The highest BCUT2D eigenvalue weighted by Crippen LogP contribution is 2.23. The molecule has 0 unspecified atom stereocenters. The van der Waals surface area contributed by atoms with Crippen molar-refractivity contribution in [2.45, 2.75) is 6.92 Å². The highest BCUT2D eigenvalue weighted by Gasteiger charge is 2.12. The first kappa shape index (κ1) is 12.0. The van der Waals surface area contributed by atoms with E-state index in [0.29, 0.717) is 11.1 Å².